The summed E-state index contributed by atoms with van der Waals surface area (Å²) in [5, 5.41) is 26.6. The van der Waals surface area contributed by atoms with E-state index in [0.717, 1.165) is 45.3 Å². The van der Waals surface area contributed by atoms with Crippen LogP contribution in [0.2, 0.25) is 0 Å². The molecule has 1 atom stereocenters. The topological polar surface area (TPSA) is 126 Å². The van der Waals surface area contributed by atoms with E-state index < -0.39 is 11.6 Å². The molecular formula is C32H31N7O3. The van der Waals surface area contributed by atoms with Crippen molar-refractivity contribution in [2.75, 3.05) is 11.4 Å². The second kappa shape index (κ2) is 11.5. The second-order valence-electron chi connectivity index (χ2n) is 10.4. The molecule has 0 saturated carbocycles. The Bertz CT molecular complexity index is 1750. The number of aliphatic carboxylic acids is 1. The molecule has 5 aromatic rings. The van der Waals surface area contributed by atoms with E-state index >= 15 is 0 Å². The molecule has 0 spiro atoms. The molecule has 212 valence electrons. The van der Waals surface area contributed by atoms with E-state index in [4.69, 9.17) is 0 Å². The second-order valence-corrected chi connectivity index (χ2v) is 10.4. The first-order valence-corrected chi connectivity index (χ1v) is 14.1. The minimum Gasteiger partial charge on any atom is -0.478 e. The number of nitrogens with one attached hydrogen (secondary N) is 1. The minimum atomic E-state index is -1.24. The van der Waals surface area contributed by atoms with Gasteiger partial charge in [-0.1, -0.05) is 73.7 Å². The number of carboxylic acids is 1. The smallest absolute Gasteiger partial charge is 0.344 e. The van der Waals surface area contributed by atoms with E-state index in [1.54, 1.807) is 6.20 Å². The third-order valence-corrected chi connectivity index (χ3v) is 7.84. The van der Waals surface area contributed by atoms with Crippen LogP contribution in [0.5, 0.6) is 0 Å². The molecule has 1 fully saturated rings. The number of carboxylic acid groups (broad SMARTS) is 1. The van der Waals surface area contributed by atoms with Gasteiger partial charge in [-0.3, -0.25) is 15.1 Å². The number of pyridine rings is 1. The van der Waals surface area contributed by atoms with Gasteiger partial charge in [0.15, 0.2) is 11.5 Å². The maximum absolute atomic E-state index is 12.8. The highest BCUT2D eigenvalue weighted by Crippen LogP contribution is 2.37. The van der Waals surface area contributed by atoms with Gasteiger partial charge in [0.2, 0.25) is 5.91 Å². The van der Waals surface area contributed by atoms with Crippen molar-refractivity contribution in [1.82, 2.24) is 30.5 Å². The van der Waals surface area contributed by atoms with Crippen molar-refractivity contribution in [3.63, 3.8) is 0 Å². The standard InChI is InChI=1S/C32H31N7O3/c1-2-8-29(40)39-30(35-36-37-39)25-10-4-3-9-24(25)23-15-13-22(14-16-23)21-34-32(31(41)42)18-7-20-38(32)28-17-19-33-27-12-6-5-11-26(27)28/h3-6,9-17,19,34H,2,7-8,18,20-21H2,1H3,(H,41,42). The summed E-state index contributed by atoms with van der Waals surface area (Å²) < 4.78 is 1.27. The lowest BCUT2D eigenvalue weighted by molar-refractivity contribution is -0.144. The van der Waals surface area contributed by atoms with Gasteiger partial charge in [0.25, 0.3) is 0 Å². The van der Waals surface area contributed by atoms with E-state index in [1.165, 1.54) is 4.68 Å². The Balaban J connectivity index is 1.26. The Morgan fingerprint density at radius 1 is 0.976 bits per heavy atom. The van der Waals surface area contributed by atoms with Gasteiger partial charge >= 0.3 is 5.97 Å². The zero-order valence-corrected chi connectivity index (χ0v) is 23.3. The Morgan fingerprint density at radius 2 is 1.74 bits per heavy atom. The minimum absolute atomic E-state index is 0.151. The summed E-state index contributed by atoms with van der Waals surface area (Å²) in [6.45, 7) is 2.94. The number of hydrogen-bond acceptors (Lipinski definition) is 8. The number of tetrazole rings is 1. The zero-order chi connectivity index (χ0) is 29.1. The van der Waals surface area contributed by atoms with Crippen LogP contribution in [0.25, 0.3) is 33.4 Å². The summed E-state index contributed by atoms with van der Waals surface area (Å²) in [5.74, 6) is -0.647. The van der Waals surface area contributed by atoms with Gasteiger partial charge in [0.05, 0.1) is 5.52 Å². The SMILES string of the molecule is CCCC(=O)n1nnnc1-c1ccccc1-c1ccc(CNC2(C(=O)O)CCCN2c2ccnc3ccccc23)cc1. The summed E-state index contributed by atoms with van der Waals surface area (Å²) in [4.78, 5) is 31.8. The zero-order valence-electron chi connectivity index (χ0n) is 23.3. The number of carbonyl (C=O) groups is 2. The van der Waals surface area contributed by atoms with Crippen LogP contribution in [0, 0.1) is 0 Å². The number of aromatic nitrogens is 5. The van der Waals surface area contributed by atoms with Gasteiger partial charge in [0, 0.05) is 42.3 Å². The van der Waals surface area contributed by atoms with Crippen molar-refractivity contribution in [1.29, 1.82) is 0 Å². The summed E-state index contributed by atoms with van der Waals surface area (Å²) in [6, 6.07) is 25.4. The van der Waals surface area contributed by atoms with Crippen LogP contribution in [-0.4, -0.2) is 54.4 Å². The number of carbonyl (C=O) groups excluding carboxylic acids is 1. The normalized spacial score (nSPS) is 16.6. The Hall–Kier alpha value is -4.96. The quantitative estimate of drug-likeness (QED) is 0.235. The van der Waals surface area contributed by atoms with Crippen molar-refractivity contribution in [3.8, 4) is 22.5 Å². The third-order valence-electron chi connectivity index (χ3n) is 7.84. The monoisotopic (exact) mass is 561 g/mol. The van der Waals surface area contributed by atoms with Crippen molar-refractivity contribution >= 4 is 28.5 Å². The summed E-state index contributed by atoms with van der Waals surface area (Å²) in [7, 11) is 0. The Morgan fingerprint density at radius 3 is 2.52 bits per heavy atom. The van der Waals surface area contributed by atoms with Gasteiger partial charge in [-0.05, 0) is 58.5 Å². The molecule has 1 saturated heterocycles. The summed E-state index contributed by atoms with van der Waals surface area (Å²) >= 11 is 0. The predicted molar refractivity (Wildman–Crippen MR) is 160 cm³/mol. The first-order valence-electron chi connectivity index (χ1n) is 14.1. The van der Waals surface area contributed by atoms with Crippen LogP contribution in [-0.2, 0) is 11.3 Å². The lowest BCUT2D eigenvalue weighted by Crippen LogP contribution is -2.61. The van der Waals surface area contributed by atoms with Gasteiger partial charge < -0.3 is 10.0 Å². The fourth-order valence-corrected chi connectivity index (χ4v) is 5.77. The Labute approximate surface area is 243 Å². The van der Waals surface area contributed by atoms with Crippen LogP contribution < -0.4 is 10.2 Å². The number of benzene rings is 3. The molecule has 1 aliphatic rings. The molecule has 10 nitrogen and oxygen atoms in total. The fourth-order valence-electron chi connectivity index (χ4n) is 5.77. The van der Waals surface area contributed by atoms with Crippen molar-refractivity contribution in [2.45, 2.75) is 44.8 Å². The highest BCUT2D eigenvalue weighted by molar-refractivity contribution is 5.95. The molecule has 10 heteroatoms. The summed E-state index contributed by atoms with van der Waals surface area (Å²) in [5.41, 5.74) is 3.99. The number of fused-ring (bicyclic) bond motifs is 1. The summed E-state index contributed by atoms with van der Waals surface area (Å²) in [6.07, 6.45) is 4.03. The molecular weight excluding hydrogens is 530 g/mol. The lowest BCUT2D eigenvalue weighted by Gasteiger charge is -2.37. The van der Waals surface area contributed by atoms with Gasteiger partial charge in [0.1, 0.15) is 0 Å². The molecule has 2 aromatic heterocycles. The molecule has 3 heterocycles. The number of rotatable bonds is 9. The molecule has 6 rings (SSSR count). The molecule has 1 unspecified atom stereocenters. The van der Waals surface area contributed by atoms with Gasteiger partial charge in [-0.25, -0.2) is 4.79 Å². The molecule has 0 amide bonds. The number of para-hydroxylation sites is 1. The van der Waals surface area contributed by atoms with E-state index in [2.05, 4.69) is 25.8 Å². The average Bonchev–Trinajstić information content (AvgIpc) is 3.69. The van der Waals surface area contributed by atoms with Crippen LogP contribution >= 0.6 is 0 Å². The first-order chi connectivity index (χ1) is 20.5. The fraction of sp³-hybridized carbons (Fsp3) is 0.250. The van der Waals surface area contributed by atoms with E-state index in [-0.39, 0.29) is 5.91 Å². The highest BCUT2D eigenvalue weighted by Gasteiger charge is 2.48. The molecule has 42 heavy (non-hydrogen) atoms. The molecule has 0 radical (unpaired) electrons. The van der Waals surface area contributed by atoms with Crippen LogP contribution in [0.3, 0.4) is 0 Å². The van der Waals surface area contributed by atoms with E-state index in [1.807, 2.05) is 90.7 Å². The van der Waals surface area contributed by atoms with Gasteiger partial charge in [-0.2, -0.15) is 4.68 Å². The average molecular weight is 562 g/mol. The largest absolute Gasteiger partial charge is 0.478 e. The van der Waals surface area contributed by atoms with E-state index in [9.17, 15) is 14.7 Å². The molecule has 2 N–H and O–H groups in total. The molecule has 0 aliphatic carbocycles. The molecule has 1 aliphatic heterocycles. The highest BCUT2D eigenvalue weighted by atomic mass is 16.4. The van der Waals surface area contributed by atoms with Crippen molar-refractivity contribution in [3.05, 3.63) is 90.6 Å². The maximum atomic E-state index is 12.8. The predicted octanol–water partition coefficient (Wildman–Crippen LogP) is 5.17. The maximum Gasteiger partial charge on any atom is 0.344 e. The first kappa shape index (κ1) is 27.2. The van der Waals surface area contributed by atoms with Crippen molar-refractivity contribution < 1.29 is 14.7 Å². The number of nitrogens with zero attached hydrogens (tertiary/aromatic N) is 6. The third kappa shape index (κ3) is 4.90. The molecule has 3 aromatic carbocycles. The lowest BCUT2D eigenvalue weighted by atomic mass is 9.98. The molecule has 0 bridgehead atoms. The van der Waals surface area contributed by atoms with Gasteiger partial charge in [-0.15, -0.1) is 5.10 Å². The number of anilines is 1. The van der Waals surface area contributed by atoms with E-state index in [0.29, 0.717) is 38.2 Å². The van der Waals surface area contributed by atoms with Crippen molar-refractivity contribution in [2.24, 2.45) is 0 Å². The Kier molecular flexibility index (Phi) is 7.45. The van der Waals surface area contributed by atoms with Crippen LogP contribution in [0.15, 0.2) is 85.1 Å². The van der Waals surface area contributed by atoms with Crippen LogP contribution in [0.1, 0.15) is 43.0 Å². The van der Waals surface area contributed by atoms with Crippen LogP contribution in [0.4, 0.5) is 5.69 Å². The number of hydrogen-bond donors (Lipinski definition) is 2.